The lowest BCUT2D eigenvalue weighted by Gasteiger charge is -2.10. The highest BCUT2D eigenvalue weighted by atomic mass is 35.5. The maximum atomic E-state index is 13.8. The van der Waals surface area contributed by atoms with Crippen LogP contribution in [0.1, 0.15) is 21.7 Å². The lowest BCUT2D eigenvalue weighted by atomic mass is 10.2. The summed E-state index contributed by atoms with van der Waals surface area (Å²) in [5.74, 6) is -2.08. The van der Waals surface area contributed by atoms with E-state index in [-0.39, 0.29) is 23.9 Å². The van der Waals surface area contributed by atoms with E-state index in [4.69, 9.17) is 11.6 Å². The number of amides is 1. The number of carbonyl (C=O) groups is 1. The molecule has 2 N–H and O–H groups in total. The third kappa shape index (κ3) is 4.77. The fraction of sp³-hybridized carbons (Fsp3) is 0.105. The van der Waals surface area contributed by atoms with E-state index < -0.39 is 17.5 Å². The van der Waals surface area contributed by atoms with Gasteiger partial charge >= 0.3 is 0 Å². The van der Waals surface area contributed by atoms with E-state index in [1.807, 2.05) is 0 Å². The second kappa shape index (κ2) is 8.09. The molecule has 0 unspecified atom stereocenters. The molecule has 0 atom stereocenters. The molecule has 0 spiro atoms. The van der Waals surface area contributed by atoms with Gasteiger partial charge in [0.15, 0.2) is 0 Å². The van der Waals surface area contributed by atoms with Crippen molar-refractivity contribution >= 4 is 29.1 Å². The van der Waals surface area contributed by atoms with Gasteiger partial charge in [-0.05, 0) is 42.8 Å². The minimum absolute atomic E-state index is 0.0735. The van der Waals surface area contributed by atoms with Crippen molar-refractivity contribution in [2.75, 3.05) is 5.32 Å². The number of aromatic nitrogens is 2. The number of nitrogens with one attached hydrogen (secondary N) is 2. The first kappa shape index (κ1) is 18.7. The van der Waals surface area contributed by atoms with E-state index in [2.05, 4.69) is 20.6 Å². The topological polar surface area (TPSA) is 66.9 Å². The summed E-state index contributed by atoms with van der Waals surface area (Å²) < 4.78 is 27.6. The molecule has 0 aliphatic heterocycles. The number of halogens is 3. The zero-order valence-corrected chi connectivity index (χ0v) is 15.0. The molecule has 3 rings (SSSR count). The number of benzene rings is 2. The van der Waals surface area contributed by atoms with Gasteiger partial charge in [0.25, 0.3) is 5.91 Å². The lowest BCUT2D eigenvalue weighted by molar-refractivity contribution is 0.0945. The summed E-state index contributed by atoms with van der Waals surface area (Å²) in [6.45, 7) is 1.93. The Bertz CT molecular complexity index is 960. The fourth-order valence-corrected chi connectivity index (χ4v) is 2.47. The molecule has 3 aromatic rings. The van der Waals surface area contributed by atoms with Crippen molar-refractivity contribution in [3.63, 3.8) is 0 Å². The normalized spacial score (nSPS) is 10.5. The van der Waals surface area contributed by atoms with Crippen LogP contribution < -0.4 is 10.6 Å². The highest BCUT2D eigenvalue weighted by Crippen LogP contribution is 2.21. The van der Waals surface area contributed by atoms with Crippen molar-refractivity contribution < 1.29 is 13.6 Å². The van der Waals surface area contributed by atoms with Crippen molar-refractivity contribution in [1.82, 2.24) is 15.3 Å². The molecule has 0 bridgehead atoms. The number of aryl methyl sites for hydroxylation is 1. The molecule has 0 saturated heterocycles. The summed E-state index contributed by atoms with van der Waals surface area (Å²) in [4.78, 5) is 20.5. The maximum absolute atomic E-state index is 13.8. The van der Waals surface area contributed by atoms with Gasteiger partial charge in [0.1, 0.15) is 23.0 Å². The first-order valence-corrected chi connectivity index (χ1v) is 8.39. The highest BCUT2D eigenvalue weighted by molar-refractivity contribution is 6.30. The van der Waals surface area contributed by atoms with Crippen LogP contribution in [-0.4, -0.2) is 15.9 Å². The molecule has 0 aliphatic carbocycles. The Balaban J connectivity index is 1.76. The predicted molar refractivity (Wildman–Crippen MR) is 99.0 cm³/mol. The van der Waals surface area contributed by atoms with Crippen molar-refractivity contribution in [2.45, 2.75) is 13.5 Å². The van der Waals surface area contributed by atoms with Crippen LogP contribution in [0.25, 0.3) is 0 Å². The summed E-state index contributed by atoms with van der Waals surface area (Å²) >= 11 is 5.83. The van der Waals surface area contributed by atoms with Gasteiger partial charge in [-0.1, -0.05) is 29.8 Å². The largest absolute Gasteiger partial charge is 0.347 e. The Morgan fingerprint density at radius 2 is 1.74 bits per heavy atom. The summed E-state index contributed by atoms with van der Waals surface area (Å²) in [6.07, 6.45) is 0. The van der Waals surface area contributed by atoms with Crippen LogP contribution in [0, 0.1) is 18.6 Å². The Hall–Kier alpha value is -3.06. The molecule has 0 fully saturated rings. The lowest BCUT2D eigenvalue weighted by Crippen LogP contribution is -2.24. The van der Waals surface area contributed by atoms with Crippen LogP contribution >= 0.6 is 11.6 Å². The molecular weight excluding hydrogens is 374 g/mol. The van der Waals surface area contributed by atoms with Crippen molar-refractivity contribution in [3.8, 4) is 0 Å². The number of hydrogen-bond acceptors (Lipinski definition) is 4. The van der Waals surface area contributed by atoms with Crippen LogP contribution in [0.15, 0.2) is 48.5 Å². The Kier molecular flexibility index (Phi) is 5.61. The van der Waals surface area contributed by atoms with Crippen molar-refractivity contribution in [2.24, 2.45) is 0 Å². The molecule has 0 saturated carbocycles. The molecule has 1 amide bonds. The zero-order valence-electron chi connectivity index (χ0n) is 14.3. The molecular formula is C19H15ClF2N4O. The average Bonchev–Trinajstić information content (AvgIpc) is 2.64. The first-order valence-electron chi connectivity index (χ1n) is 8.02. The highest BCUT2D eigenvalue weighted by Gasteiger charge is 2.14. The molecule has 8 heteroatoms. The first-order chi connectivity index (χ1) is 12.9. The summed E-state index contributed by atoms with van der Waals surface area (Å²) in [5.41, 5.74) is 1.04. The van der Waals surface area contributed by atoms with Crippen LogP contribution in [0.4, 0.5) is 20.4 Å². The van der Waals surface area contributed by atoms with Crippen LogP contribution in [0.5, 0.6) is 0 Å². The molecule has 1 aromatic heterocycles. The molecule has 138 valence electrons. The van der Waals surface area contributed by atoms with Gasteiger partial charge in [0.2, 0.25) is 5.95 Å². The smallest absolute Gasteiger partial charge is 0.270 e. The molecule has 5 nitrogen and oxygen atoms in total. The van der Waals surface area contributed by atoms with Crippen molar-refractivity contribution in [3.05, 3.63) is 82.1 Å². The summed E-state index contributed by atoms with van der Waals surface area (Å²) in [5, 5.41) is 5.82. The maximum Gasteiger partial charge on any atom is 0.270 e. The Labute approximate surface area is 159 Å². The number of anilines is 2. The molecule has 1 heterocycles. The van der Waals surface area contributed by atoms with Gasteiger partial charge in [-0.25, -0.2) is 18.7 Å². The standard InChI is InChI=1S/C19H15ClF2N4O/c1-11-9-16(18(27)23-10-12-5-7-13(20)8-6-12)25-19(24-11)26-17-14(21)3-2-4-15(17)22/h2-9H,10H2,1H3,(H,23,27)(H,24,25,26). The zero-order chi connectivity index (χ0) is 19.4. The third-order valence-electron chi connectivity index (χ3n) is 3.65. The third-order valence-corrected chi connectivity index (χ3v) is 3.90. The number of nitrogens with zero attached hydrogens (tertiary/aromatic N) is 2. The Morgan fingerprint density at radius 1 is 1.07 bits per heavy atom. The van der Waals surface area contributed by atoms with E-state index in [0.29, 0.717) is 10.7 Å². The number of carbonyl (C=O) groups excluding carboxylic acids is 1. The van der Waals surface area contributed by atoms with Crippen molar-refractivity contribution in [1.29, 1.82) is 0 Å². The fourth-order valence-electron chi connectivity index (χ4n) is 2.34. The quantitative estimate of drug-likeness (QED) is 0.680. The van der Waals surface area contributed by atoms with E-state index >= 15 is 0 Å². The van der Waals surface area contributed by atoms with Gasteiger partial charge < -0.3 is 10.6 Å². The summed E-state index contributed by atoms with van der Waals surface area (Å²) in [7, 11) is 0. The average molecular weight is 389 g/mol. The van der Waals surface area contributed by atoms with Gasteiger partial charge in [0, 0.05) is 17.3 Å². The summed E-state index contributed by atoms with van der Waals surface area (Å²) in [6, 6.07) is 12.0. The van der Waals surface area contributed by atoms with Gasteiger partial charge in [-0.2, -0.15) is 0 Å². The number of para-hydroxylation sites is 1. The van der Waals surface area contributed by atoms with Gasteiger partial charge in [-0.3, -0.25) is 4.79 Å². The molecule has 0 aliphatic rings. The van der Waals surface area contributed by atoms with Crippen LogP contribution in [0.3, 0.4) is 0 Å². The predicted octanol–water partition coefficient (Wildman–Crippen LogP) is 4.39. The van der Waals surface area contributed by atoms with E-state index in [9.17, 15) is 13.6 Å². The SMILES string of the molecule is Cc1cc(C(=O)NCc2ccc(Cl)cc2)nc(Nc2c(F)cccc2F)n1. The Morgan fingerprint density at radius 3 is 2.41 bits per heavy atom. The van der Waals surface area contributed by atoms with Crippen LogP contribution in [0.2, 0.25) is 5.02 Å². The second-order valence-corrected chi connectivity index (χ2v) is 6.19. The van der Waals surface area contributed by atoms with E-state index in [0.717, 1.165) is 17.7 Å². The van der Waals surface area contributed by atoms with E-state index in [1.54, 1.807) is 31.2 Å². The van der Waals surface area contributed by atoms with Crippen LogP contribution in [-0.2, 0) is 6.54 Å². The minimum Gasteiger partial charge on any atom is -0.347 e. The minimum atomic E-state index is -0.783. The van der Waals surface area contributed by atoms with Gasteiger partial charge in [0.05, 0.1) is 0 Å². The molecule has 2 aromatic carbocycles. The molecule has 27 heavy (non-hydrogen) atoms. The monoisotopic (exact) mass is 388 g/mol. The number of hydrogen-bond donors (Lipinski definition) is 2. The molecule has 0 radical (unpaired) electrons. The van der Waals surface area contributed by atoms with E-state index in [1.165, 1.54) is 12.1 Å². The van der Waals surface area contributed by atoms with Gasteiger partial charge in [-0.15, -0.1) is 0 Å². The number of rotatable bonds is 5. The second-order valence-electron chi connectivity index (χ2n) is 5.75.